The second-order valence-electron chi connectivity index (χ2n) is 5.77. The van der Waals surface area contributed by atoms with E-state index in [1.54, 1.807) is 13.8 Å². The topological polar surface area (TPSA) is 66.9 Å². The van der Waals surface area contributed by atoms with Gasteiger partial charge in [-0.15, -0.1) is 0 Å². The summed E-state index contributed by atoms with van der Waals surface area (Å²) in [6.45, 7) is 4.66. The van der Waals surface area contributed by atoms with Crippen LogP contribution < -0.4 is 4.74 Å². The van der Waals surface area contributed by atoms with Crippen LogP contribution in [0.2, 0.25) is 0 Å². The summed E-state index contributed by atoms with van der Waals surface area (Å²) in [5.41, 5.74) is 0.228. The van der Waals surface area contributed by atoms with Gasteiger partial charge in [-0.3, -0.25) is 4.79 Å². The van der Waals surface area contributed by atoms with Crippen LogP contribution in [0.4, 0.5) is 4.39 Å². The first-order valence-electron chi connectivity index (χ1n) is 7.39. The maximum atomic E-state index is 14.0. The zero-order chi connectivity index (χ0) is 17.2. The molecule has 1 fully saturated rings. The SMILES string of the molecule is CC(C)Oc1ccc(C(=O)N2CCN(S(C)(=O)=O)CC2)cc1F. The third-order valence-corrected chi connectivity index (χ3v) is 4.84. The van der Waals surface area contributed by atoms with E-state index in [0.717, 1.165) is 12.3 Å². The van der Waals surface area contributed by atoms with Crippen molar-refractivity contribution in [2.45, 2.75) is 20.0 Å². The molecular weight excluding hydrogens is 323 g/mol. The Morgan fingerprint density at radius 2 is 1.83 bits per heavy atom. The average molecular weight is 344 g/mol. The van der Waals surface area contributed by atoms with Crippen molar-refractivity contribution in [1.29, 1.82) is 0 Å². The first-order valence-corrected chi connectivity index (χ1v) is 9.24. The highest BCUT2D eigenvalue weighted by Crippen LogP contribution is 2.21. The molecule has 0 radical (unpaired) electrons. The molecule has 1 aromatic carbocycles. The minimum Gasteiger partial charge on any atom is -0.488 e. The molecule has 0 aliphatic carbocycles. The number of ether oxygens (including phenoxy) is 1. The van der Waals surface area contributed by atoms with Gasteiger partial charge in [0.05, 0.1) is 12.4 Å². The zero-order valence-electron chi connectivity index (χ0n) is 13.5. The number of hydrogen-bond donors (Lipinski definition) is 0. The van der Waals surface area contributed by atoms with Crippen LogP contribution in [0.5, 0.6) is 5.75 Å². The number of piperazine rings is 1. The molecule has 0 saturated carbocycles. The Labute approximate surface area is 135 Å². The van der Waals surface area contributed by atoms with Gasteiger partial charge in [0.2, 0.25) is 10.0 Å². The van der Waals surface area contributed by atoms with Crippen molar-refractivity contribution in [2.24, 2.45) is 0 Å². The molecule has 6 nitrogen and oxygen atoms in total. The van der Waals surface area contributed by atoms with Gasteiger partial charge in [0.15, 0.2) is 11.6 Å². The monoisotopic (exact) mass is 344 g/mol. The molecule has 0 N–H and O–H groups in total. The number of benzene rings is 1. The van der Waals surface area contributed by atoms with Gasteiger partial charge in [-0.05, 0) is 32.0 Å². The lowest BCUT2D eigenvalue weighted by Gasteiger charge is -2.33. The molecule has 0 bridgehead atoms. The van der Waals surface area contributed by atoms with Crippen LogP contribution in [-0.2, 0) is 10.0 Å². The molecule has 0 spiro atoms. The summed E-state index contributed by atoms with van der Waals surface area (Å²) < 4.78 is 43.5. The summed E-state index contributed by atoms with van der Waals surface area (Å²) in [6, 6.07) is 4.12. The van der Waals surface area contributed by atoms with Crippen LogP contribution >= 0.6 is 0 Å². The van der Waals surface area contributed by atoms with Crippen molar-refractivity contribution < 1.29 is 22.3 Å². The van der Waals surface area contributed by atoms with Gasteiger partial charge < -0.3 is 9.64 Å². The number of amides is 1. The van der Waals surface area contributed by atoms with Crippen LogP contribution in [-0.4, -0.2) is 62.1 Å². The fourth-order valence-corrected chi connectivity index (χ4v) is 3.22. The molecular formula is C15H21FN2O4S. The Morgan fingerprint density at radius 1 is 1.22 bits per heavy atom. The third-order valence-electron chi connectivity index (χ3n) is 3.54. The zero-order valence-corrected chi connectivity index (χ0v) is 14.3. The summed E-state index contributed by atoms with van der Waals surface area (Å²) in [4.78, 5) is 13.9. The molecule has 0 atom stereocenters. The predicted molar refractivity (Wildman–Crippen MR) is 84.5 cm³/mol. The van der Waals surface area contributed by atoms with Gasteiger partial charge in [0.25, 0.3) is 5.91 Å². The lowest BCUT2D eigenvalue weighted by Crippen LogP contribution is -2.50. The lowest BCUT2D eigenvalue weighted by molar-refractivity contribution is 0.0697. The fourth-order valence-electron chi connectivity index (χ4n) is 2.39. The molecule has 1 aromatic rings. The Balaban J connectivity index is 2.06. The molecule has 1 amide bonds. The van der Waals surface area contributed by atoms with Crippen molar-refractivity contribution in [1.82, 2.24) is 9.21 Å². The van der Waals surface area contributed by atoms with Crippen molar-refractivity contribution in [3.8, 4) is 5.75 Å². The van der Waals surface area contributed by atoms with Crippen molar-refractivity contribution in [3.63, 3.8) is 0 Å². The van der Waals surface area contributed by atoms with Crippen LogP contribution in [0.1, 0.15) is 24.2 Å². The quantitative estimate of drug-likeness (QED) is 0.826. The maximum Gasteiger partial charge on any atom is 0.254 e. The number of halogens is 1. The number of hydrogen-bond acceptors (Lipinski definition) is 4. The molecule has 1 aliphatic rings. The standard InChI is InChI=1S/C15H21FN2O4S/c1-11(2)22-14-5-4-12(10-13(14)16)15(19)17-6-8-18(9-7-17)23(3,20)21/h4-5,10-11H,6-9H2,1-3H3. The molecule has 2 rings (SSSR count). The van der Waals surface area contributed by atoms with Gasteiger partial charge in [-0.1, -0.05) is 0 Å². The maximum absolute atomic E-state index is 14.0. The number of nitrogens with zero attached hydrogens (tertiary/aromatic N) is 2. The van der Waals surface area contributed by atoms with Gasteiger partial charge in [0.1, 0.15) is 0 Å². The predicted octanol–water partition coefficient (Wildman–Crippen LogP) is 1.33. The van der Waals surface area contributed by atoms with E-state index in [4.69, 9.17) is 4.74 Å². The molecule has 1 heterocycles. The summed E-state index contributed by atoms with van der Waals surface area (Å²) in [5, 5.41) is 0. The Morgan fingerprint density at radius 3 is 2.30 bits per heavy atom. The molecule has 0 aromatic heterocycles. The number of carbonyl (C=O) groups is 1. The molecule has 0 unspecified atom stereocenters. The Hall–Kier alpha value is -1.67. The van der Waals surface area contributed by atoms with E-state index < -0.39 is 15.8 Å². The van der Waals surface area contributed by atoms with Crippen LogP contribution in [0.15, 0.2) is 18.2 Å². The van der Waals surface area contributed by atoms with E-state index in [0.29, 0.717) is 0 Å². The van der Waals surface area contributed by atoms with Crippen LogP contribution in [0.3, 0.4) is 0 Å². The lowest BCUT2D eigenvalue weighted by atomic mass is 10.1. The third kappa shape index (κ3) is 4.42. The normalized spacial score (nSPS) is 16.7. The van der Waals surface area contributed by atoms with Gasteiger partial charge >= 0.3 is 0 Å². The first kappa shape index (κ1) is 17.7. The molecule has 8 heteroatoms. The largest absolute Gasteiger partial charge is 0.488 e. The minimum atomic E-state index is -3.24. The van der Waals surface area contributed by atoms with E-state index in [1.807, 2.05) is 0 Å². The van der Waals surface area contributed by atoms with Gasteiger partial charge in [0, 0.05) is 31.7 Å². The minimum absolute atomic E-state index is 0.110. The van der Waals surface area contributed by atoms with Gasteiger partial charge in [-0.25, -0.2) is 12.8 Å². The van der Waals surface area contributed by atoms with Crippen molar-refractivity contribution >= 4 is 15.9 Å². The van der Waals surface area contributed by atoms with Crippen molar-refractivity contribution in [3.05, 3.63) is 29.6 Å². The van der Waals surface area contributed by atoms with Crippen LogP contribution in [0.25, 0.3) is 0 Å². The molecule has 128 valence electrons. The summed E-state index contributed by atoms with van der Waals surface area (Å²) in [5.74, 6) is -0.786. The summed E-state index contributed by atoms with van der Waals surface area (Å²) >= 11 is 0. The van der Waals surface area contributed by atoms with Crippen molar-refractivity contribution in [2.75, 3.05) is 32.4 Å². The van der Waals surface area contributed by atoms with E-state index >= 15 is 0 Å². The number of carbonyl (C=O) groups excluding carboxylic acids is 1. The van der Waals surface area contributed by atoms with Crippen LogP contribution in [0, 0.1) is 5.82 Å². The Bertz CT molecular complexity index is 683. The fraction of sp³-hybridized carbons (Fsp3) is 0.533. The second kappa shape index (κ2) is 6.84. The second-order valence-corrected chi connectivity index (χ2v) is 7.75. The summed E-state index contributed by atoms with van der Waals surface area (Å²) in [7, 11) is -3.24. The van der Waals surface area contributed by atoms with E-state index in [2.05, 4.69) is 0 Å². The van der Waals surface area contributed by atoms with Gasteiger partial charge in [-0.2, -0.15) is 4.31 Å². The van der Waals surface area contributed by atoms with E-state index in [9.17, 15) is 17.6 Å². The number of sulfonamides is 1. The van der Waals surface area contributed by atoms with E-state index in [1.165, 1.54) is 21.3 Å². The Kier molecular flexibility index (Phi) is 5.26. The average Bonchev–Trinajstić information content (AvgIpc) is 2.47. The smallest absolute Gasteiger partial charge is 0.254 e. The molecule has 1 saturated heterocycles. The highest BCUT2D eigenvalue weighted by atomic mass is 32.2. The first-order chi connectivity index (χ1) is 10.7. The summed E-state index contributed by atoms with van der Waals surface area (Å²) in [6.07, 6.45) is 0.989. The molecule has 23 heavy (non-hydrogen) atoms. The highest BCUT2D eigenvalue weighted by Gasteiger charge is 2.27. The van der Waals surface area contributed by atoms with E-state index in [-0.39, 0.29) is 49.5 Å². The molecule has 1 aliphatic heterocycles. The highest BCUT2D eigenvalue weighted by molar-refractivity contribution is 7.88. The number of rotatable bonds is 4.